The van der Waals surface area contributed by atoms with Crippen LogP contribution in [-0.4, -0.2) is 38.6 Å². The third-order valence-corrected chi connectivity index (χ3v) is 5.03. The standard InChI is InChI=1S/C11H15N3O2.C8H11N3O/c1-3-4-11(2)8-7(6-16-11)5-13-10(14-8)9(12)15;1-10-7-4-5-9-11(7)6-2-3-8(10)12/h5H,3-4,6H2,1-2H3,(H2,12,15);4-5H,2-3,6H2,1H3. The maximum absolute atomic E-state index is 11.4. The van der Waals surface area contributed by atoms with Crippen LogP contribution in [-0.2, 0) is 28.3 Å². The molecule has 0 spiro atoms. The molecular formula is C19H26N6O3. The molecule has 0 saturated heterocycles. The molecule has 0 aromatic carbocycles. The highest BCUT2D eigenvalue weighted by Gasteiger charge is 2.37. The van der Waals surface area contributed by atoms with Crippen LogP contribution in [0.15, 0.2) is 18.5 Å². The molecule has 2 aliphatic rings. The largest absolute Gasteiger partial charge is 0.364 e. The Hall–Kier alpha value is -2.81. The van der Waals surface area contributed by atoms with E-state index in [-0.39, 0.29) is 11.7 Å². The second kappa shape index (κ2) is 8.05. The lowest BCUT2D eigenvalue weighted by Crippen LogP contribution is -2.25. The van der Waals surface area contributed by atoms with E-state index in [1.807, 2.05) is 17.7 Å². The fourth-order valence-corrected chi connectivity index (χ4v) is 3.52. The number of aryl methyl sites for hydroxylation is 1. The first-order valence-corrected chi connectivity index (χ1v) is 9.44. The number of fused-ring (bicyclic) bond motifs is 2. The van der Waals surface area contributed by atoms with Crippen LogP contribution in [0.25, 0.3) is 0 Å². The number of ether oxygens (including phenoxy) is 1. The van der Waals surface area contributed by atoms with Gasteiger partial charge in [0.1, 0.15) is 11.4 Å². The number of nitrogens with two attached hydrogens (primary N) is 1. The van der Waals surface area contributed by atoms with Gasteiger partial charge in [-0.2, -0.15) is 5.10 Å². The van der Waals surface area contributed by atoms with Gasteiger partial charge < -0.3 is 15.4 Å². The van der Waals surface area contributed by atoms with Gasteiger partial charge in [0.05, 0.1) is 18.5 Å². The summed E-state index contributed by atoms with van der Waals surface area (Å²) in [6.07, 6.45) is 6.73. The predicted octanol–water partition coefficient (Wildman–Crippen LogP) is 1.76. The van der Waals surface area contributed by atoms with Crippen LogP contribution in [0.2, 0.25) is 0 Å². The van der Waals surface area contributed by atoms with Gasteiger partial charge in [-0.25, -0.2) is 14.6 Å². The monoisotopic (exact) mass is 386 g/mol. The molecule has 2 amide bonds. The van der Waals surface area contributed by atoms with E-state index in [2.05, 4.69) is 22.0 Å². The summed E-state index contributed by atoms with van der Waals surface area (Å²) in [5.41, 5.74) is 6.51. The highest BCUT2D eigenvalue weighted by molar-refractivity contribution is 5.92. The summed E-state index contributed by atoms with van der Waals surface area (Å²) in [6.45, 7) is 5.42. The molecule has 4 heterocycles. The van der Waals surface area contributed by atoms with Crippen LogP contribution < -0.4 is 10.6 Å². The van der Waals surface area contributed by atoms with Gasteiger partial charge in [0.25, 0.3) is 5.91 Å². The summed E-state index contributed by atoms with van der Waals surface area (Å²) in [7, 11) is 1.79. The van der Waals surface area contributed by atoms with Crippen LogP contribution >= 0.6 is 0 Å². The lowest BCUT2D eigenvalue weighted by atomic mass is 9.95. The number of hydrogen-bond acceptors (Lipinski definition) is 6. The minimum atomic E-state index is -0.603. The van der Waals surface area contributed by atoms with E-state index in [1.54, 1.807) is 24.3 Å². The zero-order valence-electron chi connectivity index (χ0n) is 16.5. The van der Waals surface area contributed by atoms with Gasteiger partial charge in [0.15, 0.2) is 0 Å². The molecule has 1 atom stereocenters. The SMILES string of the molecule is CCCC1(C)OCc2cnc(C(N)=O)nc21.CN1C(=O)CCCn2nccc21. The van der Waals surface area contributed by atoms with Crippen molar-refractivity contribution in [1.82, 2.24) is 19.7 Å². The Labute approximate surface area is 163 Å². The molecule has 150 valence electrons. The smallest absolute Gasteiger partial charge is 0.286 e. The van der Waals surface area contributed by atoms with Gasteiger partial charge in [-0.1, -0.05) is 13.3 Å². The molecule has 1 unspecified atom stereocenters. The van der Waals surface area contributed by atoms with Crippen LogP contribution in [0.5, 0.6) is 0 Å². The van der Waals surface area contributed by atoms with E-state index in [9.17, 15) is 9.59 Å². The Balaban J connectivity index is 0.000000167. The fraction of sp³-hybridized carbons (Fsp3) is 0.526. The average Bonchev–Trinajstić information content (AvgIpc) is 3.23. The molecule has 0 radical (unpaired) electrons. The number of nitrogens with zero attached hydrogens (tertiary/aromatic N) is 5. The molecule has 9 nitrogen and oxygen atoms in total. The lowest BCUT2D eigenvalue weighted by molar-refractivity contribution is -0.118. The first kappa shape index (κ1) is 19.9. The Morgan fingerprint density at radius 3 is 2.93 bits per heavy atom. The van der Waals surface area contributed by atoms with Crippen molar-refractivity contribution in [3.63, 3.8) is 0 Å². The van der Waals surface area contributed by atoms with Gasteiger partial charge in [-0.3, -0.25) is 9.59 Å². The number of aromatic nitrogens is 4. The number of primary amides is 1. The zero-order valence-corrected chi connectivity index (χ0v) is 16.5. The predicted molar refractivity (Wildman–Crippen MR) is 102 cm³/mol. The third kappa shape index (κ3) is 3.89. The Bertz CT molecular complexity index is 876. The van der Waals surface area contributed by atoms with E-state index in [4.69, 9.17) is 10.5 Å². The second-order valence-corrected chi connectivity index (χ2v) is 7.17. The highest BCUT2D eigenvalue weighted by Crippen LogP contribution is 2.37. The van der Waals surface area contributed by atoms with E-state index in [0.717, 1.165) is 42.9 Å². The number of carbonyl (C=O) groups is 2. The topological polar surface area (TPSA) is 116 Å². The zero-order chi connectivity index (χ0) is 20.3. The van der Waals surface area contributed by atoms with E-state index < -0.39 is 11.5 Å². The van der Waals surface area contributed by atoms with Crippen molar-refractivity contribution in [2.45, 2.75) is 58.3 Å². The van der Waals surface area contributed by atoms with Crippen molar-refractivity contribution in [2.24, 2.45) is 5.73 Å². The summed E-state index contributed by atoms with van der Waals surface area (Å²) in [4.78, 5) is 32.2. The maximum Gasteiger partial charge on any atom is 0.286 e. The van der Waals surface area contributed by atoms with Crippen molar-refractivity contribution in [3.05, 3.63) is 35.5 Å². The Kier molecular flexibility index (Phi) is 5.73. The quantitative estimate of drug-likeness (QED) is 0.859. The molecule has 2 aliphatic heterocycles. The molecule has 0 saturated carbocycles. The molecule has 0 fully saturated rings. The number of carbonyl (C=O) groups excluding carboxylic acids is 2. The molecular weight excluding hydrogens is 360 g/mol. The van der Waals surface area contributed by atoms with Crippen LogP contribution in [0.1, 0.15) is 61.4 Å². The summed E-state index contributed by atoms with van der Waals surface area (Å²) in [6, 6.07) is 1.86. The number of anilines is 1. The molecule has 9 heteroatoms. The first-order valence-electron chi connectivity index (χ1n) is 9.44. The summed E-state index contributed by atoms with van der Waals surface area (Å²) in [5.74, 6) is 0.534. The lowest BCUT2D eigenvalue weighted by Gasteiger charge is -2.22. The fourth-order valence-electron chi connectivity index (χ4n) is 3.52. The molecule has 2 aromatic heterocycles. The van der Waals surface area contributed by atoms with Gasteiger partial charge in [-0.05, 0) is 19.8 Å². The van der Waals surface area contributed by atoms with Crippen LogP contribution in [0.4, 0.5) is 5.82 Å². The van der Waals surface area contributed by atoms with Crippen molar-refractivity contribution in [1.29, 1.82) is 0 Å². The Morgan fingerprint density at radius 2 is 2.21 bits per heavy atom. The van der Waals surface area contributed by atoms with Crippen molar-refractivity contribution >= 4 is 17.6 Å². The van der Waals surface area contributed by atoms with E-state index >= 15 is 0 Å². The van der Waals surface area contributed by atoms with Crippen molar-refractivity contribution < 1.29 is 14.3 Å². The minimum absolute atomic E-state index is 0.0616. The molecule has 4 rings (SSSR count). The average molecular weight is 386 g/mol. The maximum atomic E-state index is 11.4. The molecule has 28 heavy (non-hydrogen) atoms. The second-order valence-electron chi connectivity index (χ2n) is 7.17. The van der Waals surface area contributed by atoms with E-state index in [1.165, 1.54) is 0 Å². The molecule has 0 aliphatic carbocycles. The third-order valence-electron chi connectivity index (χ3n) is 5.03. The normalized spacial score (nSPS) is 20.7. The highest BCUT2D eigenvalue weighted by atomic mass is 16.5. The van der Waals surface area contributed by atoms with Gasteiger partial charge >= 0.3 is 0 Å². The number of hydrogen-bond donors (Lipinski definition) is 1. The summed E-state index contributed by atoms with van der Waals surface area (Å²) in [5, 5.41) is 4.12. The first-order chi connectivity index (χ1) is 13.4. The summed E-state index contributed by atoms with van der Waals surface area (Å²) >= 11 is 0. The van der Waals surface area contributed by atoms with Gasteiger partial charge in [0.2, 0.25) is 11.7 Å². The molecule has 2 aromatic rings. The van der Waals surface area contributed by atoms with E-state index in [0.29, 0.717) is 13.0 Å². The number of rotatable bonds is 3. The number of amides is 2. The van der Waals surface area contributed by atoms with Crippen LogP contribution in [0.3, 0.4) is 0 Å². The van der Waals surface area contributed by atoms with Gasteiger partial charge in [0, 0.05) is 37.8 Å². The van der Waals surface area contributed by atoms with Crippen molar-refractivity contribution in [2.75, 3.05) is 11.9 Å². The minimum Gasteiger partial charge on any atom is -0.364 e. The molecule has 2 N–H and O–H groups in total. The van der Waals surface area contributed by atoms with Crippen LogP contribution in [0, 0.1) is 0 Å². The summed E-state index contributed by atoms with van der Waals surface area (Å²) < 4.78 is 7.60. The van der Waals surface area contributed by atoms with Crippen molar-refractivity contribution in [3.8, 4) is 0 Å². The van der Waals surface area contributed by atoms with Gasteiger partial charge in [-0.15, -0.1) is 0 Å². The Morgan fingerprint density at radius 1 is 1.43 bits per heavy atom. The molecule has 0 bridgehead atoms.